The second kappa shape index (κ2) is 8.86. The van der Waals surface area contributed by atoms with Gasteiger partial charge in [-0.15, -0.1) is 5.10 Å². The Morgan fingerprint density at radius 2 is 2.00 bits per heavy atom. The summed E-state index contributed by atoms with van der Waals surface area (Å²) >= 11 is 0. The number of nitrogens with zero attached hydrogens (tertiary/aromatic N) is 4. The van der Waals surface area contributed by atoms with E-state index in [1.807, 2.05) is 0 Å². The number of ether oxygens (including phenoxy) is 2. The van der Waals surface area contributed by atoms with E-state index in [1.54, 1.807) is 0 Å². The number of hydrogen-bond acceptors (Lipinski definition) is 6. The highest BCUT2D eigenvalue weighted by atomic mass is 19.4. The van der Waals surface area contributed by atoms with Crippen molar-refractivity contribution in [1.29, 1.82) is 0 Å². The van der Waals surface area contributed by atoms with Crippen molar-refractivity contribution in [3.8, 4) is 11.6 Å². The van der Waals surface area contributed by atoms with E-state index in [0.29, 0.717) is 11.3 Å². The zero-order valence-corrected chi connectivity index (χ0v) is 15.5. The molecular weight excluding hydrogens is 410 g/mol. The van der Waals surface area contributed by atoms with Crippen LogP contribution in [0.2, 0.25) is 0 Å². The average molecular weight is 425 g/mol. The highest BCUT2D eigenvalue weighted by Gasteiger charge is 2.42. The van der Waals surface area contributed by atoms with Crippen LogP contribution in [-0.4, -0.2) is 46.2 Å². The third-order valence-corrected chi connectivity index (χ3v) is 3.74. The largest absolute Gasteiger partial charge is 0.475 e. The molecule has 2 aromatic heterocycles. The van der Waals surface area contributed by atoms with Crippen LogP contribution >= 0.6 is 0 Å². The van der Waals surface area contributed by atoms with Gasteiger partial charge in [0, 0.05) is 13.2 Å². The zero-order chi connectivity index (χ0) is 21.7. The smallest absolute Gasteiger partial charge is 0.435 e. The lowest BCUT2D eigenvalue weighted by atomic mass is 10.2. The Balaban J connectivity index is 1.84. The molecule has 0 spiro atoms. The third kappa shape index (κ3) is 4.89. The van der Waals surface area contributed by atoms with E-state index < -0.39 is 29.3 Å². The Bertz CT molecular complexity index is 1020. The van der Waals surface area contributed by atoms with Crippen LogP contribution in [0.15, 0.2) is 42.6 Å². The van der Waals surface area contributed by atoms with Gasteiger partial charge in [0.2, 0.25) is 5.88 Å². The summed E-state index contributed by atoms with van der Waals surface area (Å²) in [5.41, 5.74) is -2.51. The van der Waals surface area contributed by atoms with Crippen LogP contribution in [0.25, 0.3) is 5.69 Å². The van der Waals surface area contributed by atoms with Gasteiger partial charge >= 0.3 is 6.18 Å². The molecule has 1 aromatic carbocycles. The number of aromatic nitrogens is 4. The quantitative estimate of drug-likeness (QED) is 0.462. The van der Waals surface area contributed by atoms with Crippen molar-refractivity contribution in [3.63, 3.8) is 0 Å². The number of pyridine rings is 1. The molecule has 0 unspecified atom stereocenters. The van der Waals surface area contributed by atoms with Gasteiger partial charge in [-0.05, 0) is 24.3 Å². The minimum atomic E-state index is -4.97. The van der Waals surface area contributed by atoms with Crippen molar-refractivity contribution < 1.29 is 31.8 Å². The van der Waals surface area contributed by atoms with Gasteiger partial charge in [0.15, 0.2) is 11.4 Å². The molecule has 12 heteroatoms. The highest BCUT2D eigenvalue weighted by Crippen LogP contribution is 2.33. The molecule has 3 aromatic rings. The van der Waals surface area contributed by atoms with Crippen LogP contribution in [-0.2, 0) is 10.9 Å². The molecule has 158 valence electrons. The molecule has 0 atom stereocenters. The molecule has 3 rings (SSSR count). The van der Waals surface area contributed by atoms with E-state index in [9.17, 15) is 22.4 Å². The first-order valence-electron chi connectivity index (χ1n) is 8.47. The number of alkyl halides is 3. The average Bonchev–Trinajstić information content (AvgIpc) is 3.15. The summed E-state index contributed by atoms with van der Waals surface area (Å²) in [6.07, 6.45) is -3.76. The number of carbonyl (C=O) groups is 1. The van der Waals surface area contributed by atoms with Crippen LogP contribution < -0.4 is 10.1 Å². The molecule has 0 saturated heterocycles. The fourth-order valence-corrected chi connectivity index (χ4v) is 2.44. The molecule has 0 aliphatic heterocycles. The summed E-state index contributed by atoms with van der Waals surface area (Å²) in [6.45, 7) is 0.606. The van der Waals surface area contributed by atoms with Crippen molar-refractivity contribution in [2.24, 2.45) is 0 Å². The Hall–Kier alpha value is -3.54. The number of halogens is 4. The monoisotopic (exact) mass is 425 g/mol. The summed E-state index contributed by atoms with van der Waals surface area (Å²) in [5.74, 6) is -1.67. The number of carbonyl (C=O) groups excluding carboxylic acids is 1. The van der Waals surface area contributed by atoms with Gasteiger partial charge in [0.05, 0.1) is 24.2 Å². The first kappa shape index (κ1) is 21.2. The van der Waals surface area contributed by atoms with Gasteiger partial charge in [-0.1, -0.05) is 11.3 Å². The second-order valence-electron chi connectivity index (χ2n) is 5.86. The molecule has 0 aliphatic carbocycles. The van der Waals surface area contributed by atoms with Crippen LogP contribution in [0.4, 0.5) is 23.2 Å². The van der Waals surface area contributed by atoms with E-state index in [0.717, 1.165) is 12.1 Å². The van der Waals surface area contributed by atoms with Crippen LogP contribution in [0, 0.1) is 5.82 Å². The summed E-state index contributed by atoms with van der Waals surface area (Å²) in [4.78, 5) is 16.3. The lowest BCUT2D eigenvalue weighted by Crippen LogP contribution is -2.21. The summed E-state index contributed by atoms with van der Waals surface area (Å²) in [7, 11) is 1.51. The number of amides is 1. The number of rotatable bonds is 7. The molecule has 0 bridgehead atoms. The zero-order valence-electron chi connectivity index (χ0n) is 15.5. The van der Waals surface area contributed by atoms with Gasteiger partial charge in [-0.2, -0.15) is 13.2 Å². The van der Waals surface area contributed by atoms with Gasteiger partial charge in [0.25, 0.3) is 5.91 Å². The lowest BCUT2D eigenvalue weighted by Gasteiger charge is -2.11. The Kier molecular flexibility index (Phi) is 6.26. The van der Waals surface area contributed by atoms with E-state index in [-0.39, 0.29) is 23.9 Å². The van der Waals surface area contributed by atoms with E-state index >= 15 is 0 Å². The van der Waals surface area contributed by atoms with E-state index in [1.165, 1.54) is 37.6 Å². The normalized spacial score (nSPS) is 11.4. The minimum Gasteiger partial charge on any atom is -0.475 e. The SMILES string of the molecule is COCCOc1ccc(NC(=O)c2nnn(-c3cccc(F)c3)c2C(F)(F)F)cn1. The van der Waals surface area contributed by atoms with Crippen molar-refractivity contribution >= 4 is 11.6 Å². The second-order valence-corrected chi connectivity index (χ2v) is 5.86. The van der Waals surface area contributed by atoms with Crippen LogP contribution in [0.1, 0.15) is 16.2 Å². The molecule has 0 saturated carbocycles. The molecule has 1 N–H and O–H groups in total. The first-order chi connectivity index (χ1) is 14.3. The van der Waals surface area contributed by atoms with Crippen molar-refractivity contribution in [2.75, 3.05) is 25.6 Å². The molecule has 1 amide bonds. The van der Waals surface area contributed by atoms with Gasteiger partial charge in [-0.25, -0.2) is 14.1 Å². The van der Waals surface area contributed by atoms with Crippen molar-refractivity contribution in [3.05, 3.63) is 59.8 Å². The predicted octanol–water partition coefficient (Wildman–Crippen LogP) is 3.10. The number of methoxy groups -OCH3 is 1. The maximum atomic E-state index is 13.6. The van der Waals surface area contributed by atoms with E-state index in [4.69, 9.17) is 9.47 Å². The molecule has 8 nitrogen and oxygen atoms in total. The Labute approximate surface area is 167 Å². The van der Waals surface area contributed by atoms with Gasteiger partial charge < -0.3 is 14.8 Å². The summed E-state index contributed by atoms with van der Waals surface area (Å²) in [5, 5.41) is 9.01. The fourth-order valence-electron chi connectivity index (χ4n) is 2.44. The van der Waals surface area contributed by atoms with Crippen LogP contribution in [0.5, 0.6) is 5.88 Å². The topological polar surface area (TPSA) is 91.2 Å². The standard InChI is InChI=1S/C18H15F4N5O3/c1-29-7-8-30-14-6-5-12(10-23-14)24-17(28)15-16(18(20,21)22)27(26-25-15)13-4-2-3-11(19)9-13/h2-6,9-10H,7-8H2,1H3,(H,24,28). The number of anilines is 1. The third-order valence-electron chi connectivity index (χ3n) is 3.74. The molecule has 0 radical (unpaired) electrons. The van der Waals surface area contributed by atoms with Crippen molar-refractivity contribution in [1.82, 2.24) is 20.0 Å². The maximum absolute atomic E-state index is 13.6. The van der Waals surface area contributed by atoms with Gasteiger partial charge in [-0.3, -0.25) is 4.79 Å². The molecule has 30 heavy (non-hydrogen) atoms. The minimum absolute atomic E-state index is 0.118. The fraction of sp³-hybridized carbons (Fsp3) is 0.222. The summed E-state index contributed by atoms with van der Waals surface area (Å²) in [6, 6.07) is 7.17. The van der Waals surface area contributed by atoms with E-state index in [2.05, 4.69) is 20.6 Å². The van der Waals surface area contributed by atoms with Gasteiger partial charge in [0.1, 0.15) is 12.4 Å². The molecule has 0 aliphatic rings. The van der Waals surface area contributed by atoms with Crippen molar-refractivity contribution in [2.45, 2.75) is 6.18 Å². The summed E-state index contributed by atoms with van der Waals surface area (Å²) < 4.78 is 64.7. The molecule has 2 heterocycles. The number of benzene rings is 1. The number of nitrogens with one attached hydrogen (secondary N) is 1. The Morgan fingerprint density at radius 3 is 2.63 bits per heavy atom. The number of hydrogen-bond donors (Lipinski definition) is 1. The predicted molar refractivity (Wildman–Crippen MR) is 95.9 cm³/mol. The first-order valence-corrected chi connectivity index (χ1v) is 8.47. The Morgan fingerprint density at radius 1 is 1.20 bits per heavy atom. The molecule has 0 fully saturated rings. The highest BCUT2D eigenvalue weighted by molar-refractivity contribution is 6.03. The van der Waals surface area contributed by atoms with Crippen LogP contribution in [0.3, 0.4) is 0 Å². The lowest BCUT2D eigenvalue weighted by molar-refractivity contribution is -0.143. The molecular formula is C18H15F4N5O3. The maximum Gasteiger partial charge on any atom is 0.435 e.